The molecule has 1 aromatic carbocycles. The summed E-state index contributed by atoms with van der Waals surface area (Å²) in [6.45, 7) is 0.720. The maximum absolute atomic E-state index is 13.5. The van der Waals surface area contributed by atoms with Gasteiger partial charge in [0.15, 0.2) is 17.2 Å². The Balaban J connectivity index is 1.80. The fraction of sp³-hybridized carbons (Fsp3) is 0.208. The van der Waals surface area contributed by atoms with Gasteiger partial charge in [-0.25, -0.2) is 9.67 Å². The molecular formula is C24H16ClF6N9O2. The Morgan fingerprint density at radius 2 is 1.67 bits per heavy atom. The number of nitrogens with one attached hydrogen (secondary N) is 2. The smallest absolute Gasteiger partial charge is 0.355 e. The second-order valence-electron chi connectivity index (χ2n) is 8.53. The van der Waals surface area contributed by atoms with Crippen molar-refractivity contribution in [3.63, 3.8) is 0 Å². The molecule has 42 heavy (non-hydrogen) atoms. The largest absolute Gasteiger partial charge is 0.437 e. The molecule has 0 aliphatic heterocycles. The molecule has 0 aliphatic rings. The standard InChI is InChI=1S/C24H16ClF6N9O2/c1-11-6-12(9-32)7-14(21(41)33-2)17(11)35-22(42)16-8-13(36-40(16)20-15(25)4-3-5-34-20)10-39-37-18(23(26,27)28)19(38-39)24(29,30)31/h3-8H,10H2,1-2H3,(H,33,41)(H,35,42). The molecule has 18 heteroatoms. The van der Waals surface area contributed by atoms with Gasteiger partial charge in [0, 0.05) is 13.2 Å². The highest BCUT2D eigenvalue weighted by molar-refractivity contribution is 6.32. The number of hydrogen-bond donors (Lipinski definition) is 2. The van der Waals surface area contributed by atoms with Crippen LogP contribution in [0, 0.1) is 18.3 Å². The number of amides is 2. The molecule has 0 radical (unpaired) electrons. The summed E-state index contributed by atoms with van der Waals surface area (Å²) < 4.78 is 80.2. The lowest BCUT2D eigenvalue weighted by Crippen LogP contribution is -2.24. The van der Waals surface area contributed by atoms with E-state index >= 15 is 0 Å². The number of carbonyl (C=O) groups excluding carboxylic acids is 2. The van der Waals surface area contributed by atoms with Gasteiger partial charge in [-0.1, -0.05) is 11.6 Å². The van der Waals surface area contributed by atoms with Crippen molar-refractivity contribution in [3.8, 4) is 11.9 Å². The van der Waals surface area contributed by atoms with E-state index in [0.29, 0.717) is 5.56 Å². The van der Waals surface area contributed by atoms with Gasteiger partial charge in [-0.3, -0.25) is 9.59 Å². The zero-order chi connectivity index (χ0) is 31.0. The number of hydrogen-bond acceptors (Lipinski definition) is 7. The molecule has 218 valence electrons. The van der Waals surface area contributed by atoms with Crippen molar-refractivity contribution in [2.24, 2.45) is 0 Å². The first-order chi connectivity index (χ1) is 19.6. The molecule has 11 nitrogen and oxygen atoms in total. The van der Waals surface area contributed by atoms with Crippen LogP contribution in [0.1, 0.15) is 49.1 Å². The molecule has 2 N–H and O–H groups in total. The first-order valence-corrected chi connectivity index (χ1v) is 11.9. The van der Waals surface area contributed by atoms with Crippen molar-refractivity contribution in [1.82, 2.24) is 35.1 Å². The number of aryl methyl sites for hydroxylation is 1. The summed E-state index contributed by atoms with van der Waals surface area (Å²) in [5, 5.41) is 24.2. The van der Waals surface area contributed by atoms with E-state index in [4.69, 9.17) is 11.6 Å². The van der Waals surface area contributed by atoms with Crippen LogP contribution < -0.4 is 10.6 Å². The van der Waals surface area contributed by atoms with Crippen LogP contribution in [0.25, 0.3) is 5.82 Å². The molecule has 0 atom stereocenters. The molecule has 3 heterocycles. The van der Waals surface area contributed by atoms with Gasteiger partial charge < -0.3 is 10.6 Å². The maximum atomic E-state index is 13.5. The minimum atomic E-state index is -5.45. The first kappa shape index (κ1) is 30.0. The predicted molar refractivity (Wildman–Crippen MR) is 133 cm³/mol. The molecule has 0 bridgehead atoms. The maximum Gasteiger partial charge on any atom is 0.437 e. The molecule has 0 spiro atoms. The van der Waals surface area contributed by atoms with Crippen molar-refractivity contribution < 1.29 is 35.9 Å². The number of carbonyl (C=O) groups is 2. The lowest BCUT2D eigenvalue weighted by atomic mass is 10.0. The molecule has 4 aromatic rings. The molecule has 0 aliphatic carbocycles. The topological polar surface area (TPSA) is 143 Å². The summed E-state index contributed by atoms with van der Waals surface area (Å²) in [5.74, 6) is -1.63. The van der Waals surface area contributed by atoms with Crippen molar-refractivity contribution in [2.45, 2.75) is 25.8 Å². The number of nitriles is 1. The van der Waals surface area contributed by atoms with Crippen LogP contribution in [0.3, 0.4) is 0 Å². The molecule has 0 saturated carbocycles. The average Bonchev–Trinajstić information content (AvgIpc) is 3.54. The fourth-order valence-corrected chi connectivity index (χ4v) is 4.02. The summed E-state index contributed by atoms with van der Waals surface area (Å²) in [6.07, 6.45) is -9.59. The first-order valence-electron chi connectivity index (χ1n) is 11.5. The van der Waals surface area contributed by atoms with Crippen molar-refractivity contribution in [1.29, 1.82) is 5.26 Å². The third-order valence-corrected chi connectivity index (χ3v) is 5.90. The Hall–Kier alpha value is -4.98. The van der Waals surface area contributed by atoms with Gasteiger partial charge in [0.1, 0.15) is 12.2 Å². The van der Waals surface area contributed by atoms with E-state index in [1.807, 2.05) is 6.07 Å². The third-order valence-electron chi connectivity index (χ3n) is 5.60. The number of halogens is 7. The van der Waals surface area contributed by atoms with Gasteiger partial charge in [0.05, 0.1) is 33.6 Å². The summed E-state index contributed by atoms with van der Waals surface area (Å²) in [6, 6.07) is 8.50. The normalized spacial score (nSPS) is 11.7. The molecule has 0 unspecified atom stereocenters. The Bertz CT molecular complexity index is 1710. The molecule has 0 fully saturated rings. The quantitative estimate of drug-likeness (QED) is 0.308. The highest BCUT2D eigenvalue weighted by atomic mass is 35.5. The molecule has 4 rings (SSSR count). The molecule has 2 amide bonds. The number of aromatic nitrogens is 6. The summed E-state index contributed by atoms with van der Waals surface area (Å²) in [4.78, 5) is 30.2. The van der Waals surface area contributed by atoms with Crippen LogP contribution in [0.4, 0.5) is 32.0 Å². The lowest BCUT2D eigenvalue weighted by Gasteiger charge is -2.14. The zero-order valence-corrected chi connectivity index (χ0v) is 22.0. The van der Waals surface area contributed by atoms with Crippen LogP contribution in [0.2, 0.25) is 5.02 Å². The van der Waals surface area contributed by atoms with Crippen LogP contribution in [0.15, 0.2) is 36.5 Å². The van der Waals surface area contributed by atoms with Gasteiger partial charge in [0.2, 0.25) is 0 Å². The van der Waals surface area contributed by atoms with E-state index in [9.17, 15) is 41.2 Å². The highest BCUT2D eigenvalue weighted by Gasteiger charge is 2.48. The average molecular weight is 612 g/mol. The minimum absolute atomic E-state index is 0.00210. The fourth-order valence-electron chi connectivity index (χ4n) is 3.82. The Morgan fingerprint density at radius 3 is 2.21 bits per heavy atom. The van der Waals surface area contributed by atoms with Crippen molar-refractivity contribution in [3.05, 3.63) is 81.0 Å². The number of benzene rings is 1. The van der Waals surface area contributed by atoms with E-state index < -0.39 is 42.1 Å². The lowest BCUT2D eigenvalue weighted by molar-refractivity contribution is -0.165. The van der Waals surface area contributed by atoms with Gasteiger partial charge in [-0.2, -0.15) is 41.5 Å². The number of pyridine rings is 1. The van der Waals surface area contributed by atoms with E-state index in [-0.39, 0.29) is 43.8 Å². The summed E-state index contributed by atoms with van der Waals surface area (Å²) in [5.41, 5.74) is -4.57. The molecular weight excluding hydrogens is 596 g/mol. The summed E-state index contributed by atoms with van der Waals surface area (Å²) >= 11 is 6.22. The van der Waals surface area contributed by atoms with E-state index in [1.54, 1.807) is 0 Å². The Morgan fingerprint density at radius 1 is 1.02 bits per heavy atom. The number of nitrogens with zero attached hydrogens (tertiary/aromatic N) is 7. The third kappa shape index (κ3) is 6.02. The highest BCUT2D eigenvalue weighted by Crippen LogP contribution is 2.38. The van der Waals surface area contributed by atoms with Gasteiger partial charge >= 0.3 is 12.4 Å². The van der Waals surface area contributed by atoms with E-state index in [0.717, 1.165) is 10.7 Å². The SMILES string of the molecule is CNC(=O)c1cc(C#N)cc(C)c1NC(=O)c1cc(Cn2nc(C(F)(F)F)c(C(F)(F)F)n2)nn1-c1ncccc1Cl. The second-order valence-corrected chi connectivity index (χ2v) is 8.93. The number of anilines is 1. The Labute approximate surface area is 236 Å². The predicted octanol–water partition coefficient (Wildman–Crippen LogP) is 4.39. The van der Waals surface area contributed by atoms with E-state index in [1.165, 1.54) is 44.4 Å². The van der Waals surface area contributed by atoms with Gasteiger partial charge in [-0.05, 0) is 42.8 Å². The Kier molecular flexibility index (Phi) is 7.94. The van der Waals surface area contributed by atoms with Gasteiger partial charge in [-0.15, -0.1) is 10.2 Å². The number of alkyl halides is 6. The van der Waals surface area contributed by atoms with Crippen molar-refractivity contribution in [2.75, 3.05) is 12.4 Å². The second kappa shape index (κ2) is 11.1. The molecule has 3 aromatic heterocycles. The monoisotopic (exact) mass is 611 g/mol. The van der Waals surface area contributed by atoms with Crippen molar-refractivity contribution >= 4 is 29.1 Å². The minimum Gasteiger partial charge on any atom is -0.355 e. The number of rotatable bonds is 6. The summed E-state index contributed by atoms with van der Waals surface area (Å²) in [7, 11) is 1.34. The van der Waals surface area contributed by atoms with Crippen LogP contribution in [0.5, 0.6) is 0 Å². The van der Waals surface area contributed by atoms with Crippen LogP contribution in [-0.2, 0) is 18.9 Å². The van der Waals surface area contributed by atoms with Crippen LogP contribution >= 0.6 is 11.6 Å². The van der Waals surface area contributed by atoms with Crippen LogP contribution in [-0.4, -0.2) is 48.6 Å². The molecule has 0 saturated heterocycles. The van der Waals surface area contributed by atoms with Gasteiger partial charge in [0.25, 0.3) is 11.8 Å². The zero-order valence-electron chi connectivity index (χ0n) is 21.3. The van der Waals surface area contributed by atoms with E-state index in [2.05, 4.69) is 30.9 Å².